The third-order valence-electron chi connectivity index (χ3n) is 5.18. The lowest BCUT2D eigenvalue weighted by Gasteiger charge is -2.35. The maximum atomic E-state index is 12.7. The summed E-state index contributed by atoms with van der Waals surface area (Å²) >= 11 is 6.02. The molecule has 0 spiro atoms. The number of carbonyl (C=O) groups is 1. The predicted molar refractivity (Wildman–Crippen MR) is 113 cm³/mol. The molecule has 0 saturated carbocycles. The zero-order chi connectivity index (χ0) is 19.7. The summed E-state index contributed by atoms with van der Waals surface area (Å²) < 4.78 is 5.49. The molecule has 4 rings (SSSR count). The third kappa shape index (κ3) is 3.50. The maximum Gasteiger partial charge on any atom is 0.254 e. The number of aryl methyl sites for hydroxylation is 1. The van der Waals surface area contributed by atoms with Crippen LogP contribution in [0.2, 0.25) is 5.02 Å². The number of carbonyl (C=O) groups excluding carboxylic acids is 1. The van der Waals surface area contributed by atoms with Crippen LogP contribution in [0.15, 0.2) is 48.5 Å². The van der Waals surface area contributed by atoms with E-state index in [9.17, 15) is 4.79 Å². The van der Waals surface area contributed by atoms with Crippen molar-refractivity contribution in [2.75, 3.05) is 38.2 Å². The first-order valence-corrected chi connectivity index (χ1v) is 9.69. The summed E-state index contributed by atoms with van der Waals surface area (Å²) in [5, 5.41) is 1.67. The Hall–Kier alpha value is -2.79. The number of fused-ring (bicyclic) bond motifs is 1. The van der Waals surface area contributed by atoms with E-state index in [2.05, 4.69) is 24.0 Å². The molecule has 144 valence electrons. The van der Waals surface area contributed by atoms with Gasteiger partial charge in [0.25, 0.3) is 5.91 Å². The van der Waals surface area contributed by atoms with Crippen LogP contribution in [0.5, 0.6) is 5.75 Å². The largest absolute Gasteiger partial charge is 0.494 e. The summed E-state index contributed by atoms with van der Waals surface area (Å²) in [7, 11) is 1.67. The molecule has 2 heterocycles. The second-order valence-corrected chi connectivity index (χ2v) is 7.38. The molecule has 6 heteroatoms. The maximum absolute atomic E-state index is 12.7. The standard InChI is InChI=1S/C22H22ClN3O2/c1-15-13-20(24-21-18(15)7-4-8-19(21)28-2)25-9-11-26(12-10-25)22(27)16-5-3-6-17(23)14-16/h3-8,13-14H,9-12H2,1-2H3. The van der Waals surface area contributed by atoms with E-state index in [1.54, 1.807) is 31.4 Å². The smallest absolute Gasteiger partial charge is 0.254 e. The molecular weight excluding hydrogens is 374 g/mol. The fourth-order valence-corrected chi connectivity index (χ4v) is 3.83. The van der Waals surface area contributed by atoms with Crippen molar-refractivity contribution in [2.45, 2.75) is 6.92 Å². The van der Waals surface area contributed by atoms with Gasteiger partial charge in [-0.2, -0.15) is 0 Å². The van der Waals surface area contributed by atoms with Gasteiger partial charge in [0.05, 0.1) is 7.11 Å². The first kappa shape index (κ1) is 18.6. The molecule has 1 aliphatic heterocycles. The van der Waals surface area contributed by atoms with Crippen molar-refractivity contribution >= 4 is 34.2 Å². The van der Waals surface area contributed by atoms with E-state index < -0.39 is 0 Å². The highest BCUT2D eigenvalue weighted by Crippen LogP contribution is 2.29. The van der Waals surface area contributed by atoms with Crippen molar-refractivity contribution in [1.82, 2.24) is 9.88 Å². The second-order valence-electron chi connectivity index (χ2n) is 6.94. The number of hydrogen-bond acceptors (Lipinski definition) is 4. The van der Waals surface area contributed by atoms with Crippen LogP contribution in [0.1, 0.15) is 15.9 Å². The van der Waals surface area contributed by atoms with Gasteiger partial charge in [0, 0.05) is 42.2 Å². The van der Waals surface area contributed by atoms with Crippen LogP contribution in [0.4, 0.5) is 5.82 Å². The monoisotopic (exact) mass is 395 g/mol. The van der Waals surface area contributed by atoms with Gasteiger partial charge >= 0.3 is 0 Å². The molecular formula is C22H22ClN3O2. The number of ether oxygens (including phenoxy) is 1. The van der Waals surface area contributed by atoms with E-state index in [0.717, 1.165) is 41.1 Å². The fraction of sp³-hybridized carbons (Fsp3) is 0.273. The van der Waals surface area contributed by atoms with Crippen molar-refractivity contribution in [3.63, 3.8) is 0 Å². The number of nitrogens with zero attached hydrogens (tertiary/aromatic N) is 3. The highest BCUT2D eigenvalue weighted by molar-refractivity contribution is 6.30. The molecule has 3 aromatic rings. The lowest BCUT2D eigenvalue weighted by atomic mass is 10.1. The Morgan fingerprint density at radius 2 is 1.82 bits per heavy atom. The van der Waals surface area contributed by atoms with Crippen molar-refractivity contribution in [1.29, 1.82) is 0 Å². The SMILES string of the molecule is COc1cccc2c(C)cc(N3CCN(C(=O)c4cccc(Cl)c4)CC3)nc12. The van der Waals surface area contributed by atoms with Crippen LogP contribution in [0.25, 0.3) is 10.9 Å². The quantitative estimate of drug-likeness (QED) is 0.667. The molecule has 0 radical (unpaired) electrons. The summed E-state index contributed by atoms with van der Waals surface area (Å²) in [4.78, 5) is 21.7. The highest BCUT2D eigenvalue weighted by Gasteiger charge is 2.23. The van der Waals surface area contributed by atoms with E-state index >= 15 is 0 Å². The first-order chi connectivity index (χ1) is 13.6. The number of aromatic nitrogens is 1. The van der Waals surface area contributed by atoms with Crippen LogP contribution in [-0.2, 0) is 0 Å². The number of anilines is 1. The first-order valence-electron chi connectivity index (χ1n) is 9.31. The van der Waals surface area contributed by atoms with Gasteiger partial charge in [-0.1, -0.05) is 29.8 Å². The Morgan fingerprint density at radius 3 is 2.54 bits per heavy atom. The Bertz CT molecular complexity index is 1030. The molecule has 28 heavy (non-hydrogen) atoms. The van der Waals surface area contributed by atoms with Gasteiger partial charge in [-0.05, 0) is 42.8 Å². The van der Waals surface area contributed by atoms with Gasteiger partial charge in [0.2, 0.25) is 0 Å². The van der Waals surface area contributed by atoms with Crippen molar-refractivity contribution in [3.8, 4) is 5.75 Å². The Kier molecular flexibility index (Phi) is 5.09. The minimum Gasteiger partial charge on any atom is -0.494 e. The number of piperazine rings is 1. The van der Waals surface area contributed by atoms with E-state index in [1.165, 1.54) is 0 Å². The molecule has 1 fully saturated rings. The Labute approximate surface area is 169 Å². The number of amides is 1. The number of halogens is 1. The second kappa shape index (κ2) is 7.68. The number of methoxy groups -OCH3 is 1. The van der Waals surface area contributed by atoms with Crippen LogP contribution in [-0.4, -0.2) is 49.1 Å². The molecule has 1 aliphatic rings. The average molecular weight is 396 g/mol. The summed E-state index contributed by atoms with van der Waals surface area (Å²) in [5.74, 6) is 1.72. The molecule has 2 aromatic carbocycles. The van der Waals surface area contributed by atoms with Crippen LogP contribution in [0.3, 0.4) is 0 Å². The van der Waals surface area contributed by atoms with E-state index in [4.69, 9.17) is 21.3 Å². The minimum absolute atomic E-state index is 0.0199. The molecule has 1 saturated heterocycles. The molecule has 1 aromatic heterocycles. The average Bonchev–Trinajstić information content (AvgIpc) is 2.73. The van der Waals surface area contributed by atoms with Crippen LogP contribution >= 0.6 is 11.6 Å². The number of pyridine rings is 1. The number of hydrogen-bond donors (Lipinski definition) is 0. The van der Waals surface area contributed by atoms with Crippen molar-refractivity contribution in [3.05, 3.63) is 64.7 Å². The molecule has 0 unspecified atom stereocenters. The highest BCUT2D eigenvalue weighted by atomic mass is 35.5. The molecule has 1 amide bonds. The van der Waals surface area contributed by atoms with Gasteiger partial charge < -0.3 is 14.5 Å². The van der Waals surface area contributed by atoms with Gasteiger partial charge in [0.15, 0.2) is 0 Å². The van der Waals surface area contributed by atoms with E-state index in [1.807, 2.05) is 17.0 Å². The zero-order valence-electron chi connectivity index (χ0n) is 16.0. The Morgan fingerprint density at radius 1 is 1.07 bits per heavy atom. The van der Waals surface area contributed by atoms with Crippen LogP contribution < -0.4 is 9.64 Å². The molecule has 5 nitrogen and oxygen atoms in total. The summed E-state index contributed by atoms with van der Waals surface area (Å²) in [6.45, 7) is 4.86. The van der Waals surface area contributed by atoms with Gasteiger partial charge in [-0.25, -0.2) is 4.98 Å². The zero-order valence-corrected chi connectivity index (χ0v) is 16.7. The van der Waals surface area contributed by atoms with E-state index in [0.29, 0.717) is 23.7 Å². The van der Waals surface area contributed by atoms with Gasteiger partial charge in [-0.15, -0.1) is 0 Å². The minimum atomic E-state index is 0.0199. The van der Waals surface area contributed by atoms with Gasteiger partial charge in [0.1, 0.15) is 17.1 Å². The molecule has 0 aliphatic carbocycles. The topological polar surface area (TPSA) is 45.7 Å². The summed E-state index contributed by atoms with van der Waals surface area (Å²) in [6.07, 6.45) is 0. The molecule has 0 atom stereocenters. The predicted octanol–water partition coefficient (Wildman–Crippen LogP) is 4.17. The van der Waals surface area contributed by atoms with E-state index in [-0.39, 0.29) is 5.91 Å². The number of benzene rings is 2. The van der Waals surface area contributed by atoms with Crippen LogP contribution in [0, 0.1) is 6.92 Å². The number of rotatable bonds is 3. The lowest BCUT2D eigenvalue weighted by Crippen LogP contribution is -2.49. The molecule has 0 bridgehead atoms. The third-order valence-corrected chi connectivity index (χ3v) is 5.41. The normalized spacial score (nSPS) is 14.4. The van der Waals surface area contributed by atoms with Crippen molar-refractivity contribution < 1.29 is 9.53 Å². The number of para-hydroxylation sites is 1. The summed E-state index contributed by atoms with van der Waals surface area (Å²) in [6, 6.07) is 15.2. The Balaban J connectivity index is 1.53. The van der Waals surface area contributed by atoms with Crippen molar-refractivity contribution in [2.24, 2.45) is 0 Å². The molecule has 0 N–H and O–H groups in total. The fourth-order valence-electron chi connectivity index (χ4n) is 3.64. The lowest BCUT2D eigenvalue weighted by molar-refractivity contribution is 0.0746. The summed E-state index contributed by atoms with van der Waals surface area (Å²) in [5.41, 5.74) is 2.67. The van der Waals surface area contributed by atoms with Gasteiger partial charge in [-0.3, -0.25) is 4.79 Å².